The maximum absolute atomic E-state index is 9.91. The van der Waals surface area contributed by atoms with Gasteiger partial charge in [-0.1, -0.05) is 22.5 Å². The molecular weight excluding hydrogens is 182 g/mol. The summed E-state index contributed by atoms with van der Waals surface area (Å²) in [5.74, 6) is 0. The molecule has 0 atom stereocenters. The van der Waals surface area contributed by atoms with Gasteiger partial charge in [-0.3, -0.25) is 4.79 Å². The predicted octanol–water partition coefficient (Wildman–Crippen LogP) is 1.54. The number of allylic oxidation sites excluding steroid dienone is 2. The minimum atomic E-state index is 0.355. The second kappa shape index (κ2) is 4.32. The lowest BCUT2D eigenvalue weighted by molar-refractivity contribution is -0.105. The van der Waals surface area contributed by atoms with Gasteiger partial charge in [0.2, 0.25) is 0 Å². The van der Waals surface area contributed by atoms with Crippen molar-refractivity contribution in [1.82, 2.24) is 5.32 Å². The average Bonchev–Trinajstić information content (AvgIpc) is 1.83. The summed E-state index contributed by atoms with van der Waals surface area (Å²) in [4.78, 5) is 9.91. The molecule has 9 heavy (non-hydrogen) atoms. The third-order valence-corrected chi connectivity index (χ3v) is 0.828. The summed E-state index contributed by atoms with van der Waals surface area (Å²) in [5.41, 5.74) is 0.355. The molecular formula is C6H8BrNO. The predicted molar refractivity (Wildman–Crippen MR) is 41.0 cm³/mol. The molecule has 0 saturated heterocycles. The molecule has 0 amide bonds. The van der Waals surface area contributed by atoms with Gasteiger partial charge in [-0.15, -0.1) is 0 Å². The number of aldehydes is 1. The Labute approximate surface area is 62.8 Å². The van der Waals surface area contributed by atoms with Crippen molar-refractivity contribution in [1.29, 1.82) is 0 Å². The summed E-state index contributed by atoms with van der Waals surface area (Å²) >= 11 is 3.17. The quantitative estimate of drug-likeness (QED) is 0.540. The first-order valence-electron chi connectivity index (χ1n) is 2.39. The highest BCUT2D eigenvalue weighted by Gasteiger charge is 1.82. The summed E-state index contributed by atoms with van der Waals surface area (Å²) in [6, 6.07) is 0. The highest BCUT2D eigenvalue weighted by Crippen LogP contribution is 1.98. The van der Waals surface area contributed by atoms with Crippen molar-refractivity contribution in [2.45, 2.75) is 6.92 Å². The van der Waals surface area contributed by atoms with Gasteiger partial charge < -0.3 is 5.32 Å². The van der Waals surface area contributed by atoms with E-state index in [0.29, 0.717) is 12.0 Å². The van der Waals surface area contributed by atoms with E-state index in [1.54, 1.807) is 6.20 Å². The first kappa shape index (κ1) is 8.43. The molecule has 0 radical (unpaired) electrons. The molecule has 0 aliphatic carbocycles. The van der Waals surface area contributed by atoms with Crippen molar-refractivity contribution in [2.24, 2.45) is 0 Å². The number of carbonyl (C=O) groups is 1. The van der Waals surface area contributed by atoms with E-state index in [4.69, 9.17) is 0 Å². The Balaban J connectivity index is 3.63. The van der Waals surface area contributed by atoms with Crippen molar-refractivity contribution >= 4 is 22.2 Å². The second-order valence-electron chi connectivity index (χ2n) is 1.52. The monoisotopic (exact) mass is 189 g/mol. The SMILES string of the molecule is C=C(C=O)N/C=C(\C)Br. The fourth-order valence-electron chi connectivity index (χ4n) is 0.226. The highest BCUT2D eigenvalue weighted by atomic mass is 79.9. The number of rotatable bonds is 3. The highest BCUT2D eigenvalue weighted by molar-refractivity contribution is 9.11. The fourth-order valence-corrected chi connectivity index (χ4v) is 0.341. The van der Waals surface area contributed by atoms with E-state index in [1.807, 2.05) is 6.92 Å². The van der Waals surface area contributed by atoms with Crippen molar-refractivity contribution in [3.05, 3.63) is 23.0 Å². The molecule has 0 heterocycles. The summed E-state index contributed by atoms with van der Waals surface area (Å²) in [5, 5.41) is 2.66. The molecule has 1 N–H and O–H groups in total. The molecule has 0 rings (SSSR count). The largest absolute Gasteiger partial charge is 0.359 e. The zero-order chi connectivity index (χ0) is 7.28. The average molecular weight is 190 g/mol. The topological polar surface area (TPSA) is 29.1 Å². The van der Waals surface area contributed by atoms with Gasteiger partial charge in [0.25, 0.3) is 0 Å². The Hall–Kier alpha value is -0.570. The van der Waals surface area contributed by atoms with E-state index >= 15 is 0 Å². The van der Waals surface area contributed by atoms with Gasteiger partial charge in [0.05, 0.1) is 5.70 Å². The lowest BCUT2D eigenvalue weighted by atomic mass is 10.5. The lowest BCUT2D eigenvalue weighted by Gasteiger charge is -1.93. The zero-order valence-corrected chi connectivity index (χ0v) is 6.73. The maximum atomic E-state index is 9.91. The van der Waals surface area contributed by atoms with E-state index in [-0.39, 0.29) is 0 Å². The number of hydrogen-bond donors (Lipinski definition) is 1. The summed E-state index contributed by atoms with van der Waals surface area (Å²) in [6.45, 7) is 5.25. The van der Waals surface area contributed by atoms with E-state index in [2.05, 4.69) is 27.8 Å². The molecule has 0 bridgehead atoms. The van der Waals surface area contributed by atoms with Gasteiger partial charge in [0, 0.05) is 10.7 Å². The molecule has 0 aromatic heterocycles. The standard InChI is InChI=1S/C6H8BrNO/c1-5(7)3-8-6(2)4-9/h3-4,8H,2H2,1H3/b5-3+. The van der Waals surface area contributed by atoms with Crippen LogP contribution < -0.4 is 5.32 Å². The number of hydrogen-bond acceptors (Lipinski definition) is 2. The van der Waals surface area contributed by atoms with Crippen molar-refractivity contribution in [2.75, 3.05) is 0 Å². The Morgan fingerprint density at radius 3 is 2.67 bits per heavy atom. The maximum Gasteiger partial charge on any atom is 0.165 e. The van der Waals surface area contributed by atoms with Crippen LogP contribution in [-0.2, 0) is 4.79 Å². The molecule has 0 saturated carbocycles. The number of nitrogens with one attached hydrogen (secondary N) is 1. The molecule has 0 aliphatic heterocycles. The number of halogens is 1. The van der Waals surface area contributed by atoms with E-state index < -0.39 is 0 Å². The Morgan fingerprint density at radius 1 is 1.78 bits per heavy atom. The van der Waals surface area contributed by atoms with Gasteiger partial charge in [-0.2, -0.15) is 0 Å². The summed E-state index contributed by atoms with van der Waals surface area (Å²) < 4.78 is 0.922. The summed E-state index contributed by atoms with van der Waals surface area (Å²) in [7, 11) is 0. The van der Waals surface area contributed by atoms with Crippen LogP contribution in [-0.4, -0.2) is 6.29 Å². The lowest BCUT2D eigenvalue weighted by Crippen LogP contribution is -2.03. The van der Waals surface area contributed by atoms with Crippen LogP contribution >= 0.6 is 15.9 Å². The molecule has 2 nitrogen and oxygen atoms in total. The molecule has 0 spiro atoms. The van der Waals surface area contributed by atoms with Crippen molar-refractivity contribution < 1.29 is 4.79 Å². The second-order valence-corrected chi connectivity index (χ2v) is 2.77. The molecule has 0 aromatic rings. The zero-order valence-electron chi connectivity index (χ0n) is 5.15. The Kier molecular flexibility index (Phi) is 4.05. The molecule has 0 unspecified atom stereocenters. The minimum absolute atomic E-state index is 0.355. The van der Waals surface area contributed by atoms with Crippen LogP contribution in [0.3, 0.4) is 0 Å². The minimum Gasteiger partial charge on any atom is -0.359 e. The molecule has 50 valence electrons. The Bertz CT molecular complexity index is 147. The third kappa shape index (κ3) is 5.30. The van der Waals surface area contributed by atoms with Crippen LogP contribution in [0.1, 0.15) is 6.92 Å². The molecule has 0 fully saturated rings. The van der Waals surface area contributed by atoms with Gasteiger partial charge in [-0.05, 0) is 6.92 Å². The summed E-state index contributed by atoms with van der Waals surface area (Å²) in [6.07, 6.45) is 2.31. The normalized spacial score (nSPS) is 10.7. The smallest absolute Gasteiger partial charge is 0.165 e. The van der Waals surface area contributed by atoms with Gasteiger partial charge >= 0.3 is 0 Å². The Morgan fingerprint density at radius 2 is 2.33 bits per heavy atom. The van der Waals surface area contributed by atoms with Crippen LogP contribution in [0.4, 0.5) is 0 Å². The van der Waals surface area contributed by atoms with Gasteiger partial charge in [0.1, 0.15) is 0 Å². The van der Waals surface area contributed by atoms with Crippen molar-refractivity contribution in [3.8, 4) is 0 Å². The van der Waals surface area contributed by atoms with E-state index in [1.165, 1.54) is 0 Å². The fraction of sp³-hybridized carbons (Fsp3) is 0.167. The van der Waals surface area contributed by atoms with E-state index in [9.17, 15) is 4.79 Å². The van der Waals surface area contributed by atoms with Crippen LogP contribution in [0.2, 0.25) is 0 Å². The molecule has 0 aliphatic rings. The van der Waals surface area contributed by atoms with Gasteiger partial charge in [0.15, 0.2) is 6.29 Å². The molecule has 3 heteroatoms. The first-order chi connectivity index (χ1) is 4.16. The number of carbonyl (C=O) groups excluding carboxylic acids is 1. The van der Waals surface area contributed by atoms with Crippen LogP contribution in [0.15, 0.2) is 23.0 Å². The third-order valence-electron chi connectivity index (χ3n) is 0.599. The van der Waals surface area contributed by atoms with Crippen molar-refractivity contribution in [3.63, 3.8) is 0 Å². The van der Waals surface area contributed by atoms with E-state index in [0.717, 1.165) is 4.48 Å². The van der Waals surface area contributed by atoms with Gasteiger partial charge in [-0.25, -0.2) is 0 Å². The molecule has 0 aromatic carbocycles. The first-order valence-corrected chi connectivity index (χ1v) is 3.19. The van der Waals surface area contributed by atoms with Crippen LogP contribution in [0.5, 0.6) is 0 Å². The van der Waals surface area contributed by atoms with Crippen LogP contribution in [0, 0.1) is 0 Å². The van der Waals surface area contributed by atoms with Crippen LogP contribution in [0.25, 0.3) is 0 Å².